The van der Waals surface area contributed by atoms with E-state index in [1.165, 1.54) is 5.56 Å². The Morgan fingerprint density at radius 2 is 2.30 bits per heavy atom. The Bertz CT molecular complexity index is 624. The summed E-state index contributed by atoms with van der Waals surface area (Å²) in [6, 6.07) is 3.88. The first-order valence-electron chi connectivity index (χ1n) is 6.62. The van der Waals surface area contributed by atoms with E-state index in [4.69, 9.17) is 4.98 Å². The van der Waals surface area contributed by atoms with E-state index >= 15 is 0 Å². The lowest BCUT2D eigenvalue weighted by molar-refractivity contribution is 0.757. The van der Waals surface area contributed by atoms with Crippen molar-refractivity contribution in [1.29, 1.82) is 0 Å². The number of aromatic nitrogens is 3. The molecule has 2 aromatic heterocycles. The fourth-order valence-corrected chi connectivity index (χ4v) is 2.37. The maximum atomic E-state index is 4.72. The summed E-state index contributed by atoms with van der Waals surface area (Å²) in [6.45, 7) is 6.16. The second-order valence-electron chi connectivity index (χ2n) is 4.81. The van der Waals surface area contributed by atoms with Crippen LogP contribution in [-0.4, -0.2) is 28.5 Å². The second kappa shape index (κ2) is 5.38. The molecule has 5 heteroatoms. The van der Waals surface area contributed by atoms with Crippen LogP contribution in [0.4, 0.5) is 5.82 Å². The molecule has 5 nitrogen and oxygen atoms in total. The van der Waals surface area contributed by atoms with Gasteiger partial charge in [0.15, 0.2) is 5.82 Å². The number of likely N-dealkylation sites (N-methyl/N-ethyl adjacent to an activating group) is 1. The third-order valence-electron chi connectivity index (χ3n) is 3.35. The molecule has 0 spiro atoms. The van der Waals surface area contributed by atoms with E-state index in [0.29, 0.717) is 0 Å². The van der Waals surface area contributed by atoms with E-state index in [1.807, 2.05) is 25.3 Å². The topological polar surface area (TPSA) is 53.9 Å². The summed E-state index contributed by atoms with van der Waals surface area (Å²) < 4.78 is 0. The molecule has 102 valence electrons. The average Bonchev–Trinajstić information content (AvgIpc) is 2.95. The number of hydrogen-bond donors (Lipinski definition) is 1. The van der Waals surface area contributed by atoms with Gasteiger partial charge in [-0.15, -0.1) is 6.58 Å². The summed E-state index contributed by atoms with van der Waals surface area (Å²) in [5.41, 5.74) is 3.20. The molecule has 3 rings (SSSR count). The molecular weight excluding hydrogens is 250 g/mol. The number of pyridine rings is 1. The minimum atomic E-state index is 0.728. The van der Waals surface area contributed by atoms with Gasteiger partial charge >= 0.3 is 0 Å². The van der Waals surface area contributed by atoms with Crippen LogP contribution in [0.5, 0.6) is 0 Å². The molecule has 1 aliphatic rings. The van der Waals surface area contributed by atoms with Gasteiger partial charge in [-0.25, -0.2) is 9.97 Å². The van der Waals surface area contributed by atoms with E-state index in [0.717, 1.165) is 42.5 Å². The smallest absolute Gasteiger partial charge is 0.163 e. The van der Waals surface area contributed by atoms with Gasteiger partial charge < -0.3 is 10.2 Å². The lowest BCUT2D eigenvalue weighted by Gasteiger charge is -2.19. The SMILES string of the molecule is C=CCN(C)c1nc(-c2cccnc2)nc2c1CNC2. The quantitative estimate of drug-likeness (QED) is 0.856. The standard InChI is InChI=1S/C15H17N5/c1-3-7-20(2)15-12-9-17-10-13(12)18-14(19-15)11-5-4-6-16-8-11/h3-6,8,17H,1,7,9-10H2,2H3. The van der Waals surface area contributed by atoms with Crippen molar-refractivity contribution in [3.63, 3.8) is 0 Å². The highest BCUT2D eigenvalue weighted by molar-refractivity contribution is 5.60. The van der Waals surface area contributed by atoms with Crippen molar-refractivity contribution < 1.29 is 0 Å². The van der Waals surface area contributed by atoms with Crippen molar-refractivity contribution in [2.45, 2.75) is 13.1 Å². The Hall–Kier alpha value is -2.27. The number of nitrogens with one attached hydrogen (secondary N) is 1. The Morgan fingerprint density at radius 3 is 3.05 bits per heavy atom. The zero-order valence-electron chi connectivity index (χ0n) is 11.5. The minimum Gasteiger partial charge on any atom is -0.356 e. The van der Waals surface area contributed by atoms with Gasteiger partial charge in [-0.2, -0.15) is 0 Å². The molecule has 0 fully saturated rings. The predicted octanol–water partition coefficient (Wildman–Crippen LogP) is 1.76. The zero-order chi connectivity index (χ0) is 13.9. The Kier molecular flexibility index (Phi) is 3.43. The molecule has 2 aromatic rings. The van der Waals surface area contributed by atoms with Crippen molar-refractivity contribution in [2.24, 2.45) is 0 Å². The molecule has 0 unspecified atom stereocenters. The number of rotatable bonds is 4. The number of fused-ring (bicyclic) bond motifs is 1. The van der Waals surface area contributed by atoms with Gasteiger partial charge in [0.2, 0.25) is 0 Å². The second-order valence-corrected chi connectivity index (χ2v) is 4.81. The lowest BCUT2D eigenvalue weighted by Crippen LogP contribution is -2.21. The van der Waals surface area contributed by atoms with E-state index in [1.54, 1.807) is 12.4 Å². The van der Waals surface area contributed by atoms with Crippen molar-refractivity contribution in [2.75, 3.05) is 18.5 Å². The van der Waals surface area contributed by atoms with Gasteiger partial charge in [0.1, 0.15) is 5.82 Å². The van der Waals surface area contributed by atoms with Gasteiger partial charge in [0.25, 0.3) is 0 Å². The zero-order valence-corrected chi connectivity index (χ0v) is 11.5. The molecule has 0 radical (unpaired) electrons. The van der Waals surface area contributed by atoms with Gasteiger partial charge in [-0.05, 0) is 12.1 Å². The highest BCUT2D eigenvalue weighted by Gasteiger charge is 2.21. The van der Waals surface area contributed by atoms with Crippen molar-refractivity contribution in [3.8, 4) is 11.4 Å². The summed E-state index contributed by atoms with van der Waals surface area (Å²) in [5, 5.41) is 3.33. The van der Waals surface area contributed by atoms with Gasteiger partial charge in [-0.1, -0.05) is 6.08 Å². The molecule has 1 N–H and O–H groups in total. The highest BCUT2D eigenvalue weighted by Crippen LogP contribution is 2.27. The molecule has 0 saturated heterocycles. The molecule has 3 heterocycles. The molecule has 0 atom stereocenters. The van der Waals surface area contributed by atoms with Crippen molar-refractivity contribution in [3.05, 3.63) is 48.4 Å². The first kappa shape index (κ1) is 12.7. The van der Waals surface area contributed by atoms with Crippen molar-refractivity contribution in [1.82, 2.24) is 20.3 Å². The molecule has 20 heavy (non-hydrogen) atoms. The first-order valence-corrected chi connectivity index (χ1v) is 6.62. The number of nitrogens with zero attached hydrogens (tertiary/aromatic N) is 4. The van der Waals surface area contributed by atoms with Gasteiger partial charge in [-0.3, -0.25) is 4.98 Å². The maximum Gasteiger partial charge on any atom is 0.163 e. The molecule has 0 amide bonds. The Labute approximate surface area is 118 Å². The summed E-state index contributed by atoms with van der Waals surface area (Å²) in [5.74, 6) is 1.70. The normalized spacial score (nSPS) is 13.1. The van der Waals surface area contributed by atoms with Crippen LogP contribution in [0.2, 0.25) is 0 Å². The predicted molar refractivity (Wildman–Crippen MR) is 79.3 cm³/mol. The molecule has 0 bridgehead atoms. The highest BCUT2D eigenvalue weighted by atomic mass is 15.2. The van der Waals surface area contributed by atoms with Crippen molar-refractivity contribution >= 4 is 5.82 Å². The fourth-order valence-electron chi connectivity index (χ4n) is 2.37. The molecule has 0 aliphatic carbocycles. The van der Waals surface area contributed by atoms with Crippen LogP contribution in [0, 0.1) is 0 Å². The van der Waals surface area contributed by atoms with Crippen LogP contribution in [-0.2, 0) is 13.1 Å². The van der Waals surface area contributed by atoms with Crippen LogP contribution < -0.4 is 10.2 Å². The van der Waals surface area contributed by atoms with E-state index in [-0.39, 0.29) is 0 Å². The van der Waals surface area contributed by atoms with E-state index < -0.39 is 0 Å². The van der Waals surface area contributed by atoms with Crippen LogP contribution in [0.25, 0.3) is 11.4 Å². The molecule has 0 aromatic carbocycles. The fraction of sp³-hybridized carbons (Fsp3) is 0.267. The van der Waals surface area contributed by atoms with Crippen LogP contribution in [0.3, 0.4) is 0 Å². The third-order valence-corrected chi connectivity index (χ3v) is 3.35. The van der Waals surface area contributed by atoms with Crippen LogP contribution in [0.1, 0.15) is 11.3 Å². The monoisotopic (exact) mass is 267 g/mol. The third kappa shape index (κ3) is 2.28. The lowest BCUT2D eigenvalue weighted by atomic mass is 10.2. The van der Waals surface area contributed by atoms with E-state index in [9.17, 15) is 0 Å². The summed E-state index contributed by atoms with van der Waals surface area (Å²) in [4.78, 5) is 15.6. The number of anilines is 1. The first-order chi connectivity index (χ1) is 9.79. The van der Waals surface area contributed by atoms with Crippen LogP contribution in [0.15, 0.2) is 37.2 Å². The van der Waals surface area contributed by atoms with E-state index in [2.05, 4.69) is 26.8 Å². The summed E-state index contributed by atoms with van der Waals surface area (Å²) >= 11 is 0. The average molecular weight is 267 g/mol. The van der Waals surface area contributed by atoms with Gasteiger partial charge in [0, 0.05) is 50.2 Å². The molecule has 1 aliphatic heterocycles. The summed E-state index contributed by atoms with van der Waals surface area (Å²) in [6.07, 6.45) is 5.42. The minimum absolute atomic E-state index is 0.728. The molecular formula is C15H17N5. The largest absolute Gasteiger partial charge is 0.356 e. The molecule has 0 saturated carbocycles. The summed E-state index contributed by atoms with van der Waals surface area (Å²) in [7, 11) is 2.02. The number of hydrogen-bond acceptors (Lipinski definition) is 5. The van der Waals surface area contributed by atoms with Crippen LogP contribution >= 0.6 is 0 Å². The maximum absolute atomic E-state index is 4.72. The van der Waals surface area contributed by atoms with Gasteiger partial charge in [0.05, 0.1) is 5.69 Å². The Balaban J connectivity index is 2.10. The Morgan fingerprint density at radius 1 is 1.40 bits per heavy atom.